The van der Waals surface area contributed by atoms with E-state index in [0.717, 1.165) is 18.1 Å². The number of ether oxygens (including phenoxy) is 1. The Hall–Kier alpha value is -1.24. The van der Waals surface area contributed by atoms with Gasteiger partial charge in [-0.3, -0.25) is 4.98 Å². The van der Waals surface area contributed by atoms with E-state index in [9.17, 15) is 5.11 Å². The normalized spacial score (nSPS) is 21.1. The van der Waals surface area contributed by atoms with Gasteiger partial charge >= 0.3 is 0 Å². The van der Waals surface area contributed by atoms with E-state index in [1.807, 2.05) is 4.90 Å². The Kier molecular flexibility index (Phi) is 3.66. The summed E-state index contributed by atoms with van der Waals surface area (Å²) in [6.45, 7) is 2.34. The summed E-state index contributed by atoms with van der Waals surface area (Å²) < 4.78 is 5.30. The Morgan fingerprint density at radius 1 is 1.50 bits per heavy atom. The second kappa shape index (κ2) is 5.20. The van der Waals surface area contributed by atoms with Crippen molar-refractivity contribution in [2.45, 2.75) is 12.6 Å². The zero-order valence-electron chi connectivity index (χ0n) is 9.04. The summed E-state index contributed by atoms with van der Waals surface area (Å²) in [5, 5.41) is 9.23. The maximum atomic E-state index is 9.23. The predicted octanol–water partition coefficient (Wildman–Crippen LogP) is -0.867. The maximum Gasteiger partial charge on any atom is 0.147 e. The molecular weight excluding hydrogens is 208 g/mol. The van der Waals surface area contributed by atoms with E-state index in [4.69, 9.17) is 10.5 Å². The van der Waals surface area contributed by atoms with E-state index < -0.39 is 0 Å². The van der Waals surface area contributed by atoms with E-state index in [1.165, 1.54) is 0 Å². The fourth-order valence-electron chi connectivity index (χ4n) is 1.71. The molecule has 0 aromatic carbocycles. The molecule has 0 saturated carbocycles. The summed E-state index contributed by atoms with van der Waals surface area (Å²) in [4.78, 5) is 10.5. The van der Waals surface area contributed by atoms with Gasteiger partial charge in [-0.2, -0.15) is 0 Å². The molecule has 1 unspecified atom stereocenters. The number of rotatable bonds is 3. The van der Waals surface area contributed by atoms with Crippen molar-refractivity contribution < 1.29 is 9.84 Å². The molecule has 2 rings (SSSR count). The number of anilines is 1. The van der Waals surface area contributed by atoms with Gasteiger partial charge in [0.05, 0.1) is 44.0 Å². The third-order valence-electron chi connectivity index (χ3n) is 2.63. The van der Waals surface area contributed by atoms with Crippen LogP contribution in [0.3, 0.4) is 0 Å². The number of aliphatic hydroxyl groups excluding tert-OH is 1. The second-order valence-electron chi connectivity index (χ2n) is 3.67. The summed E-state index contributed by atoms with van der Waals surface area (Å²) >= 11 is 0. The number of aliphatic hydroxyl groups is 1. The van der Waals surface area contributed by atoms with Gasteiger partial charge in [0.15, 0.2) is 0 Å². The molecule has 1 aliphatic heterocycles. The van der Waals surface area contributed by atoms with E-state index in [0.29, 0.717) is 19.8 Å². The van der Waals surface area contributed by atoms with Crippen molar-refractivity contribution in [3.63, 3.8) is 0 Å². The molecule has 1 aliphatic rings. The highest BCUT2D eigenvalue weighted by molar-refractivity contribution is 5.38. The molecule has 16 heavy (non-hydrogen) atoms. The van der Waals surface area contributed by atoms with Crippen molar-refractivity contribution in [3.05, 3.63) is 18.1 Å². The third-order valence-corrected chi connectivity index (χ3v) is 2.63. The quantitative estimate of drug-likeness (QED) is 0.694. The van der Waals surface area contributed by atoms with Gasteiger partial charge in [-0.15, -0.1) is 0 Å². The van der Waals surface area contributed by atoms with Crippen LogP contribution in [0.4, 0.5) is 5.82 Å². The molecule has 0 spiro atoms. The average molecular weight is 224 g/mol. The summed E-state index contributed by atoms with van der Waals surface area (Å²) in [6.07, 6.45) is 3.36. The van der Waals surface area contributed by atoms with Crippen LogP contribution in [0, 0.1) is 0 Å². The molecule has 0 radical (unpaired) electrons. The topological polar surface area (TPSA) is 84.5 Å². The highest BCUT2D eigenvalue weighted by Crippen LogP contribution is 2.15. The van der Waals surface area contributed by atoms with Crippen molar-refractivity contribution in [2.75, 3.05) is 31.3 Å². The van der Waals surface area contributed by atoms with Crippen molar-refractivity contribution in [2.24, 2.45) is 5.73 Å². The van der Waals surface area contributed by atoms with Crippen LogP contribution in [0.15, 0.2) is 12.4 Å². The molecule has 6 heteroatoms. The molecule has 1 saturated heterocycles. The van der Waals surface area contributed by atoms with Gasteiger partial charge in [0.2, 0.25) is 0 Å². The highest BCUT2D eigenvalue weighted by atomic mass is 16.5. The first-order valence-electron chi connectivity index (χ1n) is 5.31. The molecule has 0 bridgehead atoms. The summed E-state index contributed by atoms with van der Waals surface area (Å²) in [6, 6.07) is -0.0354. The van der Waals surface area contributed by atoms with E-state index >= 15 is 0 Å². The molecule has 1 fully saturated rings. The fourth-order valence-corrected chi connectivity index (χ4v) is 1.71. The lowest BCUT2D eigenvalue weighted by Crippen LogP contribution is -2.48. The molecule has 88 valence electrons. The standard InChI is InChI=1S/C10H16N4O2/c11-3-8-4-13-10(5-12-8)14-1-2-16-7-9(14)6-15/h4-5,9,15H,1-3,6-7,11H2. The number of nitrogens with two attached hydrogens (primary N) is 1. The van der Waals surface area contributed by atoms with Gasteiger partial charge in [-0.05, 0) is 0 Å². The minimum Gasteiger partial charge on any atom is -0.394 e. The minimum absolute atomic E-state index is 0.0354. The van der Waals surface area contributed by atoms with Crippen molar-refractivity contribution in [3.8, 4) is 0 Å². The van der Waals surface area contributed by atoms with Gasteiger partial charge in [0.25, 0.3) is 0 Å². The Bertz CT molecular complexity index is 330. The molecular formula is C10H16N4O2. The lowest BCUT2D eigenvalue weighted by atomic mass is 10.2. The van der Waals surface area contributed by atoms with Gasteiger partial charge in [0, 0.05) is 13.1 Å². The maximum absolute atomic E-state index is 9.23. The number of hydrogen-bond acceptors (Lipinski definition) is 6. The number of aromatic nitrogens is 2. The van der Waals surface area contributed by atoms with Crippen LogP contribution in [0.25, 0.3) is 0 Å². The van der Waals surface area contributed by atoms with Gasteiger partial charge < -0.3 is 20.5 Å². The smallest absolute Gasteiger partial charge is 0.147 e. The first kappa shape index (κ1) is 11.3. The zero-order valence-corrected chi connectivity index (χ0v) is 9.04. The second-order valence-corrected chi connectivity index (χ2v) is 3.67. The number of nitrogens with zero attached hydrogens (tertiary/aromatic N) is 3. The van der Waals surface area contributed by atoms with Crippen LogP contribution in [0.5, 0.6) is 0 Å². The van der Waals surface area contributed by atoms with Crippen LogP contribution in [0.1, 0.15) is 5.69 Å². The Labute approximate surface area is 94.1 Å². The molecule has 1 aromatic heterocycles. The van der Waals surface area contributed by atoms with Crippen LogP contribution >= 0.6 is 0 Å². The summed E-state index contributed by atoms with van der Waals surface area (Å²) in [5.41, 5.74) is 6.22. The Balaban J connectivity index is 2.14. The lowest BCUT2D eigenvalue weighted by Gasteiger charge is -2.35. The Morgan fingerprint density at radius 2 is 2.38 bits per heavy atom. The summed E-state index contributed by atoms with van der Waals surface area (Å²) in [7, 11) is 0. The SMILES string of the molecule is NCc1cnc(N2CCOCC2CO)cn1. The lowest BCUT2D eigenvalue weighted by molar-refractivity contribution is 0.0722. The molecule has 0 aliphatic carbocycles. The van der Waals surface area contributed by atoms with Crippen LogP contribution < -0.4 is 10.6 Å². The minimum atomic E-state index is -0.0354. The zero-order chi connectivity index (χ0) is 11.4. The third kappa shape index (κ3) is 2.29. The first-order valence-corrected chi connectivity index (χ1v) is 5.31. The number of hydrogen-bond donors (Lipinski definition) is 2. The van der Waals surface area contributed by atoms with Crippen LogP contribution in [-0.2, 0) is 11.3 Å². The van der Waals surface area contributed by atoms with E-state index in [2.05, 4.69) is 9.97 Å². The molecule has 2 heterocycles. The fraction of sp³-hybridized carbons (Fsp3) is 0.600. The van der Waals surface area contributed by atoms with Crippen LogP contribution in [0.2, 0.25) is 0 Å². The Morgan fingerprint density at radius 3 is 3.00 bits per heavy atom. The average Bonchev–Trinajstić information content (AvgIpc) is 2.39. The molecule has 0 amide bonds. The van der Waals surface area contributed by atoms with Crippen LogP contribution in [-0.4, -0.2) is 47.5 Å². The largest absolute Gasteiger partial charge is 0.394 e. The monoisotopic (exact) mass is 224 g/mol. The molecule has 1 atom stereocenters. The first-order chi connectivity index (χ1) is 7.85. The van der Waals surface area contributed by atoms with E-state index in [1.54, 1.807) is 12.4 Å². The van der Waals surface area contributed by atoms with Gasteiger partial charge in [-0.1, -0.05) is 0 Å². The van der Waals surface area contributed by atoms with Gasteiger partial charge in [-0.25, -0.2) is 4.98 Å². The molecule has 1 aromatic rings. The van der Waals surface area contributed by atoms with Crippen molar-refractivity contribution >= 4 is 5.82 Å². The van der Waals surface area contributed by atoms with Crippen molar-refractivity contribution in [1.82, 2.24) is 9.97 Å². The molecule has 3 N–H and O–H groups in total. The predicted molar refractivity (Wildman–Crippen MR) is 59.0 cm³/mol. The number of morpholine rings is 1. The summed E-state index contributed by atoms with van der Waals surface area (Å²) in [5.74, 6) is 0.763. The van der Waals surface area contributed by atoms with E-state index in [-0.39, 0.29) is 12.6 Å². The van der Waals surface area contributed by atoms with Gasteiger partial charge in [0.1, 0.15) is 5.82 Å². The highest BCUT2D eigenvalue weighted by Gasteiger charge is 2.23. The molecule has 6 nitrogen and oxygen atoms in total. The van der Waals surface area contributed by atoms with Crippen molar-refractivity contribution in [1.29, 1.82) is 0 Å².